The second kappa shape index (κ2) is 10.9. The minimum absolute atomic E-state index is 0.145. The molecule has 1 amide bonds. The van der Waals surface area contributed by atoms with Crippen molar-refractivity contribution in [2.24, 2.45) is 7.05 Å². The zero-order chi connectivity index (χ0) is 26.6. The van der Waals surface area contributed by atoms with Crippen LogP contribution in [0.1, 0.15) is 67.7 Å². The molecule has 190 valence electrons. The quantitative estimate of drug-likeness (QED) is 0.430. The summed E-state index contributed by atoms with van der Waals surface area (Å²) in [5, 5.41) is 5.94. The van der Waals surface area contributed by atoms with Crippen molar-refractivity contribution in [1.29, 1.82) is 0 Å². The van der Waals surface area contributed by atoms with Gasteiger partial charge in [0, 0.05) is 47.7 Å². The van der Waals surface area contributed by atoms with E-state index in [9.17, 15) is 14.4 Å². The third kappa shape index (κ3) is 6.29. The van der Waals surface area contributed by atoms with Crippen molar-refractivity contribution >= 4 is 17.6 Å². The van der Waals surface area contributed by atoms with E-state index in [1.165, 1.54) is 4.57 Å². The summed E-state index contributed by atoms with van der Waals surface area (Å²) in [6.45, 7) is 9.39. The van der Waals surface area contributed by atoms with Gasteiger partial charge >= 0.3 is 6.09 Å². The third-order valence-electron chi connectivity index (χ3n) is 5.98. The third-order valence-corrected chi connectivity index (χ3v) is 5.98. The lowest BCUT2D eigenvalue weighted by Crippen LogP contribution is -2.27. The van der Waals surface area contributed by atoms with Crippen LogP contribution >= 0.6 is 0 Å². The van der Waals surface area contributed by atoms with Gasteiger partial charge in [0.2, 0.25) is 0 Å². The number of rotatable bonds is 7. The molecule has 36 heavy (non-hydrogen) atoms. The fourth-order valence-corrected chi connectivity index (χ4v) is 3.89. The maximum absolute atomic E-state index is 13.7. The molecule has 2 aromatic carbocycles. The summed E-state index contributed by atoms with van der Waals surface area (Å²) in [6, 6.07) is 14.1. The first-order chi connectivity index (χ1) is 16.9. The first-order valence-corrected chi connectivity index (χ1v) is 12.1. The molecule has 7 nitrogen and oxygen atoms in total. The van der Waals surface area contributed by atoms with Gasteiger partial charge in [0.15, 0.2) is 5.78 Å². The maximum atomic E-state index is 13.7. The Bertz CT molecular complexity index is 1320. The van der Waals surface area contributed by atoms with Crippen LogP contribution in [0.3, 0.4) is 0 Å². The minimum atomic E-state index is -0.652. The number of benzene rings is 2. The smallest absolute Gasteiger partial charge is 0.412 e. The zero-order valence-electron chi connectivity index (χ0n) is 22.1. The maximum Gasteiger partial charge on any atom is 0.412 e. The number of carbonyl (C=O) groups is 2. The van der Waals surface area contributed by atoms with E-state index in [0.29, 0.717) is 22.4 Å². The molecule has 1 heterocycles. The molecule has 0 spiro atoms. The molecular formula is C29H35N3O4. The van der Waals surface area contributed by atoms with Crippen LogP contribution in [0.4, 0.5) is 10.5 Å². The van der Waals surface area contributed by atoms with E-state index in [0.717, 1.165) is 23.1 Å². The van der Waals surface area contributed by atoms with Gasteiger partial charge in [0.25, 0.3) is 5.56 Å². The van der Waals surface area contributed by atoms with Crippen LogP contribution in [-0.4, -0.2) is 29.1 Å². The fraction of sp³-hybridized carbons (Fsp3) is 0.345. The van der Waals surface area contributed by atoms with Crippen LogP contribution < -0.4 is 16.2 Å². The molecule has 0 aliphatic carbocycles. The van der Waals surface area contributed by atoms with Crippen molar-refractivity contribution < 1.29 is 14.3 Å². The number of hydrogen-bond donors (Lipinski definition) is 2. The van der Waals surface area contributed by atoms with Crippen LogP contribution in [0.25, 0.3) is 11.1 Å². The summed E-state index contributed by atoms with van der Waals surface area (Å²) >= 11 is 0. The first-order valence-electron chi connectivity index (χ1n) is 12.1. The van der Waals surface area contributed by atoms with Gasteiger partial charge in [-0.25, -0.2) is 4.79 Å². The Balaban J connectivity index is 2.19. The van der Waals surface area contributed by atoms with Crippen molar-refractivity contribution in [1.82, 2.24) is 9.88 Å². The number of carbonyl (C=O) groups excluding carboxylic acids is 2. The van der Waals surface area contributed by atoms with Crippen molar-refractivity contribution in [3.8, 4) is 11.1 Å². The van der Waals surface area contributed by atoms with Crippen LogP contribution in [0, 0.1) is 0 Å². The van der Waals surface area contributed by atoms with Crippen molar-refractivity contribution in [3.63, 3.8) is 0 Å². The molecule has 0 fully saturated rings. The Morgan fingerprint density at radius 1 is 1.03 bits per heavy atom. The molecule has 0 radical (unpaired) electrons. The van der Waals surface area contributed by atoms with E-state index >= 15 is 0 Å². The Kier molecular flexibility index (Phi) is 8.15. The summed E-state index contributed by atoms with van der Waals surface area (Å²) in [6.07, 6.45) is 2.02. The summed E-state index contributed by atoms with van der Waals surface area (Å²) in [4.78, 5) is 38.6. The minimum Gasteiger partial charge on any atom is -0.444 e. The van der Waals surface area contributed by atoms with Gasteiger partial charge in [0.05, 0.1) is 0 Å². The van der Waals surface area contributed by atoms with Gasteiger partial charge < -0.3 is 14.6 Å². The Morgan fingerprint density at radius 2 is 1.69 bits per heavy atom. The number of amides is 1. The average Bonchev–Trinajstić information content (AvgIpc) is 2.83. The number of hydrogen-bond acceptors (Lipinski definition) is 5. The largest absolute Gasteiger partial charge is 0.444 e. The van der Waals surface area contributed by atoms with Crippen molar-refractivity contribution in [3.05, 3.63) is 87.3 Å². The topological polar surface area (TPSA) is 89.4 Å². The second-order valence-electron chi connectivity index (χ2n) is 9.87. The van der Waals surface area contributed by atoms with Gasteiger partial charge in [-0.3, -0.25) is 14.9 Å². The van der Waals surface area contributed by atoms with E-state index in [4.69, 9.17) is 4.74 Å². The van der Waals surface area contributed by atoms with E-state index in [1.54, 1.807) is 58.3 Å². The number of nitrogens with zero attached hydrogens (tertiary/aromatic N) is 1. The van der Waals surface area contributed by atoms with Gasteiger partial charge in [-0.15, -0.1) is 0 Å². The molecule has 2 N–H and O–H groups in total. The average molecular weight is 490 g/mol. The van der Waals surface area contributed by atoms with E-state index in [2.05, 4.69) is 17.6 Å². The SMILES string of the molecule is CCc1ccc(C(=O)c2ccc(NC(=O)OC(C)(C)C)cc2-c2cn(C)c(=O)cc2[C@H](C)NC)cc1. The number of ketones is 1. The number of aromatic nitrogens is 1. The number of pyridine rings is 1. The summed E-state index contributed by atoms with van der Waals surface area (Å²) in [5.41, 5.74) is 3.95. The summed E-state index contributed by atoms with van der Waals surface area (Å²) < 4.78 is 6.88. The molecule has 0 unspecified atom stereocenters. The monoisotopic (exact) mass is 489 g/mol. The molecule has 1 atom stereocenters. The van der Waals surface area contributed by atoms with E-state index in [-0.39, 0.29) is 17.4 Å². The van der Waals surface area contributed by atoms with Crippen molar-refractivity contribution in [2.45, 2.75) is 52.7 Å². The van der Waals surface area contributed by atoms with E-state index in [1.807, 2.05) is 38.2 Å². The Labute approximate surface area is 212 Å². The molecule has 0 saturated heterocycles. The lowest BCUT2D eigenvalue weighted by atomic mass is 9.90. The van der Waals surface area contributed by atoms with Crippen molar-refractivity contribution in [2.75, 3.05) is 12.4 Å². The van der Waals surface area contributed by atoms with Crippen LogP contribution in [0.2, 0.25) is 0 Å². The molecule has 0 aliphatic rings. The highest BCUT2D eigenvalue weighted by molar-refractivity contribution is 6.13. The van der Waals surface area contributed by atoms with Crippen LogP contribution in [-0.2, 0) is 18.2 Å². The highest BCUT2D eigenvalue weighted by atomic mass is 16.6. The Hall–Kier alpha value is -3.71. The van der Waals surface area contributed by atoms with E-state index < -0.39 is 11.7 Å². The standard InChI is InChI=1S/C29H35N3O4/c1-8-19-9-11-20(12-10-19)27(34)22-14-13-21(31-28(35)36-29(3,4)5)15-24(22)25-17-32(7)26(33)16-23(25)18(2)30-6/h9-18,30H,8H2,1-7H3,(H,31,35)/t18-/m0/s1. The molecule has 3 aromatic rings. The molecule has 0 bridgehead atoms. The van der Waals surface area contributed by atoms with Gasteiger partial charge in [-0.1, -0.05) is 31.2 Å². The van der Waals surface area contributed by atoms with Crippen LogP contribution in [0.15, 0.2) is 59.5 Å². The number of nitrogens with one attached hydrogen (secondary N) is 2. The molecule has 0 aliphatic heterocycles. The summed E-state index contributed by atoms with van der Waals surface area (Å²) in [7, 11) is 3.49. The first kappa shape index (κ1) is 26.9. The number of aryl methyl sites for hydroxylation is 2. The van der Waals surface area contributed by atoms with Gasteiger partial charge in [-0.05, 0) is 76.1 Å². The van der Waals surface area contributed by atoms with Gasteiger partial charge in [0.1, 0.15) is 5.60 Å². The highest BCUT2D eigenvalue weighted by Gasteiger charge is 2.22. The molecule has 3 rings (SSSR count). The zero-order valence-corrected chi connectivity index (χ0v) is 22.1. The second-order valence-corrected chi connectivity index (χ2v) is 9.87. The fourth-order valence-electron chi connectivity index (χ4n) is 3.89. The molecule has 1 aromatic heterocycles. The highest BCUT2D eigenvalue weighted by Crippen LogP contribution is 2.33. The Morgan fingerprint density at radius 3 is 2.28 bits per heavy atom. The predicted molar refractivity (Wildman–Crippen MR) is 144 cm³/mol. The van der Waals surface area contributed by atoms with Gasteiger partial charge in [-0.2, -0.15) is 0 Å². The molecule has 7 heteroatoms. The number of anilines is 1. The summed E-state index contributed by atoms with van der Waals surface area (Å²) in [5.74, 6) is -0.145. The lowest BCUT2D eigenvalue weighted by Gasteiger charge is -2.21. The number of ether oxygens (including phenoxy) is 1. The normalized spacial score (nSPS) is 12.2. The molecule has 0 saturated carbocycles. The van der Waals surface area contributed by atoms with Crippen LogP contribution in [0.5, 0.6) is 0 Å². The molecular weight excluding hydrogens is 454 g/mol. The lowest BCUT2D eigenvalue weighted by molar-refractivity contribution is 0.0636. The predicted octanol–water partition coefficient (Wildman–Crippen LogP) is 5.47.